The average molecular weight is 265 g/mol. The molecule has 0 amide bonds. The largest absolute Gasteiger partial charge is 0.394 e. The lowest BCUT2D eigenvalue weighted by Gasteiger charge is -2.31. The predicted molar refractivity (Wildman–Crippen MR) is 71.8 cm³/mol. The molecule has 1 saturated carbocycles. The Kier molecular flexibility index (Phi) is 4.15. The van der Waals surface area contributed by atoms with Crippen LogP contribution in [0.5, 0.6) is 0 Å². The molecule has 1 saturated heterocycles. The fraction of sp³-hybridized carbons (Fsp3) is 0.786. The second kappa shape index (κ2) is 6.03. The Balaban J connectivity index is 1.57. The molecule has 1 aliphatic heterocycles. The van der Waals surface area contributed by atoms with Gasteiger partial charge in [0.25, 0.3) is 0 Å². The molecule has 1 aliphatic carbocycles. The standard InChI is InChI=1S/C14H23N3O2/c18-11-14-10-16(7-8-19-14)9-12-5-6-17(15-12)13-3-1-2-4-13/h5-6,13-14,18H,1-4,7-11H2. The fourth-order valence-electron chi connectivity index (χ4n) is 3.10. The Morgan fingerprint density at radius 2 is 2.21 bits per heavy atom. The first kappa shape index (κ1) is 13.1. The summed E-state index contributed by atoms with van der Waals surface area (Å²) in [6.07, 6.45) is 7.29. The third kappa shape index (κ3) is 3.16. The van der Waals surface area contributed by atoms with Crippen molar-refractivity contribution in [2.24, 2.45) is 0 Å². The van der Waals surface area contributed by atoms with E-state index in [-0.39, 0.29) is 12.7 Å². The first-order valence-corrected chi connectivity index (χ1v) is 7.34. The van der Waals surface area contributed by atoms with Crippen LogP contribution in [0.25, 0.3) is 0 Å². The molecule has 0 bridgehead atoms. The molecule has 2 heterocycles. The summed E-state index contributed by atoms with van der Waals surface area (Å²) in [6, 6.07) is 2.74. The zero-order valence-electron chi connectivity index (χ0n) is 11.4. The Labute approximate surface area is 114 Å². The van der Waals surface area contributed by atoms with E-state index < -0.39 is 0 Å². The Hall–Kier alpha value is -0.910. The van der Waals surface area contributed by atoms with Crippen LogP contribution in [0.15, 0.2) is 12.3 Å². The summed E-state index contributed by atoms with van der Waals surface area (Å²) in [4.78, 5) is 2.31. The van der Waals surface area contributed by atoms with Crippen molar-refractivity contribution in [3.8, 4) is 0 Å². The van der Waals surface area contributed by atoms with Crippen LogP contribution >= 0.6 is 0 Å². The van der Waals surface area contributed by atoms with Crippen LogP contribution in [0.4, 0.5) is 0 Å². The highest BCUT2D eigenvalue weighted by molar-refractivity contribution is 5.00. The van der Waals surface area contributed by atoms with Crippen molar-refractivity contribution in [2.45, 2.75) is 44.4 Å². The third-order valence-corrected chi connectivity index (χ3v) is 4.17. The number of aliphatic hydroxyl groups is 1. The highest BCUT2D eigenvalue weighted by Crippen LogP contribution is 2.28. The summed E-state index contributed by atoms with van der Waals surface area (Å²) in [6.45, 7) is 3.39. The number of rotatable bonds is 4. The summed E-state index contributed by atoms with van der Waals surface area (Å²) in [7, 11) is 0. The first-order chi connectivity index (χ1) is 9.35. The van der Waals surface area contributed by atoms with Crippen molar-refractivity contribution in [2.75, 3.05) is 26.3 Å². The zero-order valence-corrected chi connectivity index (χ0v) is 11.4. The van der Waals surface area contributed by atoms with E-state index in [0.29, 0.717) is 12.6 Å². The van der Waals surface area contributed by atoms with Gasteiger partial charge in [-0.3, -0.25) is 9.58 Å². The van der Waals surface area contributed by atoms with Gasteiger partial charge in [-0.1, -0.05) is 12.8 Å². The van der Waals surface area contributed by atoms with Gasteiger partial charge in [0.2, 0.25) is 0 Å². The number of aliphatic hydroxyl groups excluding tert-OH is 1. The van der Waals surface area contributed by atoms with Gasteiger partial charge in [0.1, 0.15) is 0 Å². The van der Waals surface area contributed by atoms with Gasteiger partial charge in [-0.15, -0.1) is 0 Å². The van der Waals surface area contributed by atoms with Crippen molar-refractivity contribution in [1.82, 2.24) is 14.7 Å². The van der Waals surface area contributed by atoms with Gasteiger partial charge in [-0.25, -0.2) is 0 Å². The van der Waals surface area contributed by atoms with Gasteiger partial charge < -0.3 is 9.84 Å². The number of hydrogen-bond acceptors (Lipinski definition) is 4. The SMILES string of the molecule is OCC1CN(Cc2ccn(C3CCCC3)n2)CCO1. The van der Waals surface area contributed by atoms with Crippen LogP contribution in [-0.2, 0) is 11.3 Å². The molecule has 1 unspecified atom stereocenters. The van der Waals surface area contributed by atoms with Crippen LogP contribution < -0.4 is 0 Å². The molecule has 0 radical (unpaired) electrons. The summed E-state index contributed by atoms with van der Waals surface area (Å²) in [5, 5.41) is 13.9. The van der Waals surface area contributed by atoms with E-state index in [0.717, 1.165) is 25.3 Å². The molecular formula is C14H23N3O2. The molecule has 1 aromatic heterocycles. The fourth-order valence-corrected chi connectivity index (χ4v) is 3.10. The molecule has 19 heavy (non-hydrogen) atoms. The van der Waals surface area contributed by atoms with Crippen LogP contribution in [-0.4, -0.2) is 52.2 Å². The maximum absolute atomic E-state index is 9.15. The van der Waals surface area contributed by atoms with Crippen molar-refractivity contribution < 1.29 is 9.84 Å². The predicted octanol–water partition coefficient (Wildman–Crippen LogP) is 1.19. The molecule has 2 aliphatic rings. The Morgan fingerprint density at radius 3 is 3.00 bits per heavy atom. The third-order valence-electron chi connectivity index (χ3n) is 4.17. The van der Waals surface area contributed by atoms with E-state index in [9.17, 15) is 0 Å². The monoisotopic (exact) mass is 265 g/mol. The maximum atomic E-state index is 9.15. The topological polar surface area (TPSA) is 50.5 Å². The highest BCUT2D eigenvalue weighted by atomic mass is 16.5. The number of hydrogen-bond donors (Lipinski definition) is 1. The number of ether oxygens (including phenoxy) is 1. The second-order valence-electron chi connectivity index (χ2n) is 5.64. The van der Waals surface area contributed by atoms with Crippen LogP contribution in [0.1, 0.15) is 37.4 Å². The molecule has 0 spiro atoms. The van der Waals surface area contributed by atoms with Crippen molar-refractivity contribution >= 4 is 0 Å². The van der Waals surface area contributed by atoms with Gasteiger partial charge >= 0.3 is 0 Å². The summed E-state index contributed by atoms with van der Waals surface area (Å²) < 4.78 is 7.61. The maximum Gasteiger partial charge on any atom is 0.0933 e. The molecule has 3 rings (SSSR count). The van der Waals surface area contributed by atoms with Crippen molar-refractivity contribution in [3.05, 3.63) is 18.0 Å². The minimum atomic E-state index is -0.0364. The first-order valence-electron chi connectivity index (χ1n) is 7.34. The summed E-state index contributed by atoms with van der Waals surface area (Å²) in [5.74, 6) is 0. The Morgan fingerprint density at radius 1 is 1.37 bits per heavy atom. The van der Waals surface area contributed by atoms with E-state index >= 15 is 0 Å². The quantitative estimate of drug-likeness (QED) is 0.888. The molecule has 1 N–H and O–H groups in total. The minimum Gasteiger partial charge on any atom is -0.394 e. The van der Waals surface area contributed by atoms with Gasteiger partial charge in [0, 0.05) is 25.8 Å². The normalized spacial score (nSPS) is 26.1. The van der Waals surface area contributed by atoms with E-state index in [1.807, 2.05) is 0 Å². The lowest BCUT2D eigenvalue weighted by Crippen LogP contribution is -2.43. The lowest BCUT2D eigenvalue weighted by atomic mass is 10.2. The summed E-state index contributed by atoms with van der Waals surface area (Å²) in [5.41, 5.74) is 1.13. The van der Waals surface area contributed by atoms with Crippen LogP contribution in [0, 0.1) is 0 Å². The average Bonchev–Trinajstić information content (AvgIpc) is 3.09. The molecule has 5 heteroatoms. The Bertz CT molecular complexity index is 401. The smallest absolute Gasteiger partial charge is 0.0933 e. The molecule has 2 fully saturated rings. The van der Waals surface area contributed by atoms with Crippen molar-refractivity contribution in [3.63, 3.8) is 0 Å². The number of aromatic nitrogens is 2. The van der Waals surface area contributed by atoms with Gasteiger partial charge in [0.05, 0.1) is 31.1 Å². The molecule has 106 valence electrons. The van der Waals surface area contributed by atoms with E-state index in [1.165, 1.54) is 25.7 Å². The van der Waals surface area contributed by atoms with Gasteiger partial charge in [0.15, 0.2) is 0 Å². The van der Waals surface area contributed by atoms with Gasteiger partial charge in [-0.2, -0.15) is 5.10 Å². The summed E-state index contributed by atoms with van der Waals surface area (Å²) >= 11 is 0. The molecule has 1 aromatic rings. The van der Waals surface area contributed by atoms with E-state index in [2.05, 4.69) is 21.8 Å². The van der Waals surface area contributed by atoms with Crippen molar-refractivity contribution in [1.29, 1.82) is 0 Å². The lowest BCUT2D eigenvalue weighted by molar-refractivity contribution is -0.0554. The minimum absolute atomic E-state index is 0.0364. The number of nitrogens with zero attached hydrogens (tertiary/aromatic N) is 3. The molecule has 0 aromatic carbocycles. The van der Waals surface area contributed by atoms with E-state index in [4.69, 9.17) is 14.9 Å². The molecule has 5 nitrogen and oxygen atoms in total. The van der Waals surface area contributed by atoms with Crippen LogP contribution in [0.3, 0.4) is 0 Å². The van der Waals surface area contributed by atoms with Crippen LogP contribution in [0.2, 0.25) is 0 Å². The second-order valence-corrected chi connectivity index (χ2v) is 5.64. The molecule has 1 atom stereocenters. The number of morpholine rings is 1. The van der Waals surface area contributed by atoms with E-state index in [1.54, 1.807) is 0 Å². The zero-order chi connectivity index (χ0) is 13.1. The molecular weight excluding hydrogens is 242 g/mol. The highest BCUT2D eigenvalue weighted by Gasteiger charge is 2.21. The van der Waals surface area contributed by atoms with Gasteiger partial charge in [-0.05, 0) is 18.9 Å².